The van der Waals surface area contributed by atoms with E-state index in [0.717, 1.165) is 57.1 Å². The van der Waals surface area contributed by atoms with E-state index in [1.165, 1.54) is 11.1 Å². The number of piperazine rings is 1. The lowest BCUT2D eigenvalue weighted by atomic mass is 10.1. The minimum atomic E-state index is 0.767. The summed E-state index contributed by atoms with van der Waals surface area (Å²) in [5.74, 6) is 0.928. The van der Waals surface area contributed by atoms with Gasteiger partial charge in [-0.05, 0) is 43.2 Å². The summed E-state index contributed by atoms with van der Waals surface area (Å²) in [6, 6.07) is 17.1. The van der Waals surface area contributed by atoms with Gasteiger partial charge in [0.05, 0.1) is 39.0 Å². The van der Waals surface area contributed by atoms with Gasteiger partial charge in [0.15, 0.2) is 0 Å². The van der Waals surface area contributed by atoms with Gasteiger partial charge in [0.2, 0.25) is 0 Å². The number of nitrogens with zero attached hydrogens (tertiary/aromatic N) is 2. The molecule has 4 nitrogen and oxygen atoms in total. The van der Waals surface area contributed by atoms with Gasteiger partial charge in [-0.2, -0.15) is 5.10 Å². The molecule has 0 unspecified atom stereocenters. The molecule has 1 aliphatic rings. The van der Waals surface area contributed by atoms with Gasteiger partial charge in [0.25, 0.3) is 0 Å². The molecule has 0 aromatic heterocycles. The molecule has 1 aliphatic heterocycles. The molecule has 0 atom stereocenters. The van der Waals surface area contributed by atoms with Gasteiger partial charge < -0.3 is 9.64 Å². The molecule has 1 saturated heterocycles. The zero-order valence-corrected chi connectivity index (χ0v) is 15.9. The molecule has 1 heterocycles. The van der Waals surface area contributed by atoms with Crippen LogP contribution in [-0.4, -0.2) is 44.0 Å². The quantitative estimate of drug-likeness (QED) is 0.776. The van der Waals surface area contributed by atoms with E-state index in [9.17, 15) is 0 Å². The van der Waals surface area contributed by atoms with Gasteiger partial charge >= 0.3 is 0 Å². The van der Waals surface area contributed by atoms with Crippen LogP contribution in [0, 0.1) is 6.92 Å². The molecule has 1 N–H and O–H groups in total. The summed E-state index contributed by atoms with van der Waals surface area (Å²) in [6.45, 7) is 10.4. The summed E-state index contributed by atoms with van der Waals surface area (Å²) in [5.41, 5.74) is 3.86. The van der Waals surface area contributed by atoms with Crippen LogP contribution in [0.15, 0.2) is 53.6 Å². The highest BCUT2D eigenvalue weighted by Gasteiger charge is 2.18. The summed E-state index contributed by atoms with van der Waals surface area (Å²) in [4.78, 5) is 1.64. The van der Waals surface area contributed by atoms with Crippen LogP contribution in [0.2, 0.25) is 0 Å². The van der Waals surface area contributed by atoms with E-state index in [1.54, 1.807) is 4.90 Å². The first-order valence-electron chi connectivity index (χ1n) is 9.64. The molecule has 0 bridgehead atoms. The summed E-state index contributed by atoms with van der Waals surface area (Å²) in [6.07, 6.45) is 2.98. The van der Waals surface area contributed by atoms with E-state index in [4.69, 9.17) is 4.74 Å². The van der Waals surface area contributed by atoms with Crippen molar-refractivity contribution in [3.8, 4) is 5.75 Å². The number of hydrazone groups is 1. The molecule has 0 saturated carbocycles. The second-order valence-corrected chi connectivity index (χ2v) is 7.03. The number of benzene rings is 2. The highest BCUT2D eigenvalue weighted by molar-refractivity contribution is 5.79. The highest BCUT2D eigenvalue weighted by atomic mass is 16.5. The highest BCUT2D eigenvalue weighted by Crippen LogP contribution is 2.11. The number of hydrogen-bond donors (Lipinski definition) is 1. The van der Waals surface area contributed by atoms with Gasteiger partial charge in [-0.25, -0.2) is 0 Å². The van der Waals surface area contributed by atoms with Gasteiger partial charge in [-0.1, -0.05) is 36.8 Å². The Kier molecular flexibility index (Phi) is 6.67. The van der Waals surface area contributed by atoms with Crippen LogP contribution >= 0.6 is 0 Å². The lowest BCUT2D eigenvalue weighted by Gasteiger charge is -2.30. The molecule has 3 rings (SSSR count). The van der Waals surface area contributed by atoms with Crippen molar-refractivity contribution in [2.45, 2.75) is 26.8 Å². The Bertz CT molecular complexity index is 686. The fourth-order valence-corrected chi connectivity index (χ4v) is 3.12. The molecular weight excluding hydrogens is 322 g/mol. The predicted octanol–water partition coefficient (Wildman–Crippen LogP) is 2.52. The average molecular weight is 353 g/mol. The lowest BCUT2D eigenvalue weighted by Crippen LogP contribution is -3.13. The van der Waals surface area contributed by atoms with E-state index < -0.39 is 0 Å². The first-order chi connectivity index (χ1) is 12.7. The Morgan fingerprint density at radius 2 is 1.73 bits per heavy atom. The number of hydrogen-bond acceptors (Lipinski definition) is 3. The zero-order chi connectivity index (χ0) is 18.2. The number of quaternary nitrogens is 1. The third-order valence-electron chi connectivity index (χ3n) is 4.74. The molecular formula is C22H30N3O+. The Balaban J connectivity index is 1.44. The summed E-state index contributed by atoms with van der Waals surface area (Å²) < 4.78 is 5.61. The zero-order valence-electron chi connectivity index (χ0n) is 15.9. The van der Waals surface area contributed by atoms with Crippen LogP contribution < -0.4 is 9.64 Å². The smallest absolute Gasteiger partial charge is 0.119 e. The van der Waals surface area contributed by atoms with Crippen LogP contribution in [0.5, 0.6) is 5.75 Å². The molecule has 2 aromatic rings. The second kappa shape index (κ2) is 9.39. The average Bonchev–Trinajstić information content (AvgIpc) is 2.68. The predicted molar refractivity (Wildman–Crippen MR) is 107 cm³/mol. The van der Waals surface area contributed by atoms with Gasteiger partial charge in [-0.3, -0.25) is 5.01 Å². The minimum absolute atomic E-state index is 0.767. The number of rotatable bonds is 7. The number of ether oxygens (including phenoxy) is 1. The van der Waals surface area contributed by atoms with E-state index in [2.05, 4.69) is 60.4 Å². The fourth-order valence-electron chi connectivity index (χ4n) is 3.12. The molecule has 1 fully saturated rings. The van der Waals surface area contributed by atoms with E-state index in [0.29, 0.717) is 0 Å². The molecule has 4 heteroatoms. The topological polar surface area (TPSA) is 29.3 Å². The molecule has 2 aromatic carbocycles. The van der Waals surface area contributed by atoms with Crippen LogP contribution in [-0.2, 0) is 6.54 Å². The van der Waals surface area contributed by atoms with Crippen molar-refractivity contribution in [1.29, 1.82) is 0 Å². The summed E-state index contributed by atoms with van der Waals surface area (Å²) in [5, 5.41) is 6.83. The third-order valence-corrected chi connectivity index (χ3v) is 4.74. The monoisotopic (exact) mass is 352 g/mol. The van der Waals surface area contributed by atoms with Crippen molar-refractivity contribution >= 4 is 6.21 Å². The number of aryl methyl sites for hydroxylation is 1. The first kappa shape index (κ1) is 18.5. The Morgan fingerprint density at radius 1 is 1.04 bits per heavy atom. The van der Waals surface area contributed by atoms with Crippen molar-refractivity contribution in [3.63, 3.8) is 0 Å². The molecule has 0 amide bonds. The second-order valence-electron chi connectivity index (χ2n) is 7.03. The Morgan fingerprint density at radius 3 is 2.38 bits per heavy atom. The maximum Gasteiger partial charge on any atom is 0.119 e. The normalized spacial score (nSPS) is 15.5. The van der Waals surface area contributed by atoms with Crippen LogP contribution in [0.25, 0.3) is 0 Å². The molecule has 0 radical (unpaired) electrons. The SMILES string of the molecule is CCCOc1ccc(/C=N\N2CC[NH+](Cc3ccc(C)cc3)CC2)cc1. The summed E-state index contributed by atoms with van der Waals surface area (Å²) >= 11 is 0. The minimum Gasteiger partial charge on any atom is -0.494 e. The maximum absolute atomic E-state index is 5.61. The molecule has 138 valence electrons. The van der Waals surface area contributed by atoms with Crippen molar-refractivity contribution in [2.75, 3.05) is 32.8 Å². The standard InChI is InChI=1S/C22H29N3O/c1-3-16-26-22-10-8-20(9-11-22)17-23-25-14-12-24(13-15-25)18-21-6-4-19(2)5-7-21/h4-11,17H,3,12-16,18H2,1-2H3/p+1/b23-17-. The third kappa shape index (κ3) is 5.60. The van der Waals surface area contributed by atoms with Crippen molar-refractivity contribution < 1.29 is 9.64 Å². The Hall–Kier alpha value is -2.33. The first-order valence-corrected chi connectivity index (χ1v) is 9.64. The molecule has 0 spiro atoms. The summed E-state index contributed by atoms with van der Waals surface area (Å²) in [7, 11) is 0. The number of nitrogens with one attached hydrogen (secondary N) is 1. The van der Waals surface area contributed by atoms with Crippen LogP contribution in [0.3, 0.4) is 0 Å². The van der Waals surface area contributed by atoms with E-state index in [-0.39, 0.29) is 0 Å². The van der Waals surface area contributed by atoms with Crippen molar-refractivity contribution in [3.05, 3.63) is 65.2 Å². The maximum atomic E-state index is 5.61. The van der Waals surface area contributed by atoms with E-state index in [1.807, 2.05) is 18.3 Å². The Labute approximate surface area is 157 Å². The van der Waals surface area contributed by atoms with Gasteiger partial charge in [0.1, 0.15) is 12.3 Å². The van der Waals surface area contributed by atoms with Crippen molar-refractivity contribution in [1.82, 2.24) is 5.01 Å². The largest absolute Gasteiger partial charge is 0.494 e. The fraction of sp³-hybridized carbons (Fsp3) is 0.409. The molecule has 0 aliphatic carbocycles. The van der Waals surface area contributed by atoms with Crippen LogP contribution in [0.4, 0.5) is 0 Å². The lowest BCUT2D eigenvalue weighted by molar-refractivity contribution is -0.918. The van der Waals surface area contributed by atoms with E-state index >= 15 is 0 Å². The van der Waals surface area contributed by atoms with Gasteiger partial charge in [-0.15, -0.1) is 0 Å². The van der Waals surface area contributed by atoms with Gasteiger partial charge in [0, 0.05) is 5.56 Å². The van der Waals surface area contributed by atoms with Crippen LogP contribution in [0.1, 0.15) is 30.0 Å². The van der Waals surface area contributed by atoms with Crippen molar-refractivity contribution in [2.24, 2.45) is 5.10 Å². The molecule has 26 heavy (non-hydrogen) atoms.